The standard InChI is InChI=1S/C11H12ClN3O/c1-7(13-2)11-14-10(15-16-11)8-3-5-9(12)6-4-8/h3-7,13H,1-2H3. The summed E-state index contributed by atoms with van der Waals surface area (Å²) in [5.41, 5.74) is 0.891. The molecule has 16 heavy (non-hydrogen) atoms. The van der Waals surface area contributed by atoms with Crippen molar-refractivity contribution in [1.29, 1.82) is 0 Å². The lowest BCUT2D eigenvalue weighted by Crippen LogP contribution is -2.12. The van der Waals surface area contributed by atoms with E-state index in [2.05, 4.69) is 15.5 Å². The Morgan fingerprint density at radius 2 is 2.00 bits per heavy atom. The molecular formula is C11H12ClN3O. The fraction of sp³-hybridized carbons (Fsp3) is 0.273. The van der Waals surface area contributed by atoms with Crippen molar-refractivity contribution in [3.05, 3.63) is 35.2 Å². The van der Waals surface area contributed by atoms with Crippen molar-refractivity contribution in [2.45, 2.75) is 13.0 Å². The summed E-state index contributed by atoms with van der Waals surface area (Å²) in [4.78, 5) is 4.30. The lowest BCUT2D eigenvalue weighted by atomic mass is 10.2. The molecule has 0 aliphatic heterocycles. The molecule has 84 valence electrons. The number of benzene rings is 1. The van der Waals surface area contributed by atoms with E-state index in [1.807, 2.05) is 26.1 Å². The van der Waals surface area contributed by atoms with E-state index in [9.17, 15) is 0 Å². The molecule has 0 fully saturated rings. The van der Waals surface area contributed by atoms with Crippen LogP contribution in [0.2, 0.25) is 5.02 Å². The van der Waals surface area contributed by atoms with Crippen molar-refractivity contribution >= 4 is 11.6 Å². The molecule has 0 saturated carbocycles. The van der Waals surface area contributed by atoms with Gasteiger partial charge in [-0.2, -0.15) is 4.98 Å². The monoisotopic (exact) mass is 237 g/mol. The lowest BCUT2D eigenvalue weighted by Gasteiger charge is -2.01. The van der Waals surface area contributed by atoms with E-state index < -0.39 is 0 Å². The van der Waals surface area contributed by atoms with Gasteiger partial charge in [0, 0.05) is 10.6 Å². The van der Waals surface area contributed by atoms with Crippen LogP contribution in [0.25, 0.3) is 11.4 Å². The maximum atomic E-state index is 5.80. The van der Waals surface area contributed by atoms with Crippen LogP contribution < -0.4 is 5.32 Å². The van der Waals surface area contributed by atoms with Gasteiger partial charge in [0.25, 0.3) is 0 Å². The first-order chi connectivity index (χ1) is 7.70. The van der Waals surface area contributed by atoms with E-state index >= 15 is 0 Å². The molecule has 0 amide bonds. The van der Waals surface area contributed by atoms with Crippen molar-refractivity contribution in [2.75, 3.05) is 7.05 Å². The van der Waals surface area contributed by atoms with Crippen LogP contribution in [0.1, 0.15) is 18.9 Å². The van der Waals surface area contributed by atoms with Gasteiger partial charge in [0.2, 0.25) is 11.7 Å². The largest absolute Gasteiger partial charge is 0.337 e. The lowest BCUT2D eigenvalue weighted by molar-refractivity contribution is 0.347. The van der Waals surface area contributed by atoms with Crippen molar-refractivity contribution in [2.24, 2.45) is 0 Å². The van der Waals surface area contributed by atoms with Gasteiger partial charge in [-0.25, -0.2) is 0 Å². The van der Waals surface area contributed by atoms with Gasteiger partial charge in [-0.1, -0.05) is 16.8 Å². The number of nitrogens with zero attached hydrogens (tertiary/aromatic N) is 2. The summed E-state index contributed by atoms with van der Waals surface area (Å²) in [7, 11) is 1.84. The molecule has 0 aliphatic rings. The van der Waals surface area contributed by atoms with Gasteiger partial charge in [0.15, 0.2) is 0 Å². The third kappa shape index (κ3) is 2.23. The highest BCUT2D eigenvalue weighted by atomic mass is 35.5. The second kappa shape index (κ2) is 4.63. The van der Waals surface area contributed by atoms with Crippen LogP contribution >= 0.6 is 11.6 Å². The Labute approximate surface area is 98.6 Å². The number of hydrogen-bond acceptors (Lipinski definition) is 4. The zero-order valence-corrected chi connectivity index (χ0v) is 9.82. The molecule has 0 bridgehead atoms. The minimum atomic E-state index is 0.0496. The molecule has 1 atom stereocenters. The van der Waals surface area contributed by atoms with Gasteiger partial charge in [-0.15, -0.1) is 0 Å². The maximum Gasteiger partial charge on any atom is 0.243 e. The molecule has 0 aliphatic carbocycles. The Bertz CT molecular complexity index is 466. The molecule has 0 spiro atoms. The molecule has 5 heteroatoms. The Morgan fingerprint density at radius 1 is 1.31 bits per heavy atom. The molecule has 1 heterocycles. The van der Waals surface area contributed by atoms with E-state index in [1.54, 1.807) is 12.1 Å². The van der Waals surface area contributed by atoms with Gasteiger partial charge in [0.05, 0.1) is 6.04 Å². The summed E-state index contributed by atoms with van der Waals surface area (Å²) in [6, 6.07) is 7.37. The first-order valence-corrected chi connectivity index (χ1v) is 5.35. The zero-order chi connectivity index (χ0) is 11.5. The SMILES string of the molecule is CNC(C)c1nc(-c2ccc(Cl)cc2)no1. The molecule has 0 radical (unpaired) electrons. The number of halogens is 1. The Balaban J connectivity index is 2.28. The zero-order valence-electron chi connectivity index (χ0n) is 9.07. The van der Waals surface area contributed by atoms with Crippen LogP contribution in [0.4, 0.5) is 0 Å². The number of rotatable bonds is 3. The first kappa shape index (κ1) is 11.1. The van der Waals surface area contributed by atoms with E-state index in [0.717, 1.165) is 5.56 Å². The average molecular weight is 238 g/mol. The van der Waals surface area contributed by atoms with Gasteiger partial charge < -0.3 is 9.84 Å². The normalized spacial score (nSPS) is 12.7. The summed E-state index contributed by atoms with van der Waals surface area (Å²) in [6.45, 7) is 1.96. The second-order valence-corrected chi connectivity index (χ2v) is 3.91. The summed E-state index contributed by atoms with van der Waals surface area (Å²) in [6.07, 6.45) is 0. The quantitative estimate of drug-likeness (QED) is 0.892. The first-order valence-electron chi connectivity index (χ1n) is 4.97. The topological polar surface area (TPSA) is 51.0 Å². The Morgan fingerprint density at radius 3 is 2.62 bits per heavy atom. The molecule has 2 rings (SSSR count). The highest BCUT2D eigenvalue weighted by molar-refractivity contribution is 6.30. The van der Waals surface area contributed by atoms with Crippen LogP contribution in [-0.2, 0) is 0 Å². The third-order valence-corrected chi connectivity index (χ3v) is 2.60. The Kier molecular flexibility index (Phi) is 3.22. The van der Waals surface area contributed by atoms with Gasteiger partial charge in [0.1, 0.15) is 0 Å². The van der Waals surface area contributed by atoms with Crippen molar-refractivity contribution in [3.8, 4) is 11.4 Å². The number of aromatic nitrogens is 2. The fourth-order valence-electron chi connectivity index (χ4n) is 1.25. The summed E-state index contributed by atoms with van der Waals surface area (Å²) in [5.74, 6) is 1.15. The van der Waals surface area contributed by atoms with E-state index in [-0.39, 0.29) is 6.04 Å². The number of hydrogen-bond donors (Lipinski definition) is 1. The molecule has 1 N–H and O–H groups in total. The van der Waals surface area contributed by atoms with E-state index in [0.29, 0.717) is 16.7 Å². The van der Waals surface area contributed by atoms with Gasteiger partial charge >= 0.3 is 0 Å². The fourth-order valence-corrected chi connectivity index (χ4v) is 1.38. The van der Waals surface area contributed by atoms with Crippen molar-refractivity contribution < 1.29 is 4.52 Å². The van der Waals surface area contributed by atoms with Gasteiger partial charge in [-0.3, -0.25) is 0 Å². The summed E-state index contributed by atoms with van der Waals surface area (Å²) < 4.78 is 5.15. The van der Waals surface area contributed by atoms with E-state index in [4.69, 9.17) is 16.1 Å². The molecule has 1 aromatic heterocycles. The molecule has 2 aromatic rings. The second-order valence-electron chi connectivity index (χ2n) is 3.47. The highest BCUT2D eigenvalue weighted by Crippen LogP contribution is 2.20. The van der Waals surface area contributed by atoms with Crippen molar-refractivity contribution in [1.82, 2.24) is 15.5 Å². The molecule has 1 aromatic carbocycles. The molecule has 4 nitrogen and oxygen atoms in total. The number of nitrogens with one attached hydrogen (secondary N) is 1. The molecule has 1 unspecified atom stereocenters. The minimum Gasteiger partial charge on any atom is -0.337 e. The van der Waals surface area contributed by atoms with Crippen LogP contribution in [0.5, 0.6) is 0 Å². The summed E-state index contributed by atoms with van der Waals surface area (Å²) in [5, 5.41) is 7.64. The molecule has 0 saturated heterocycles. The maximum absolute atomic E-state index is 5.80. The van der Waals surface area contributed by atoms with E-state index in [1.165, 1.54) is 0 Å². The predicted octanol–water partition coefficient (Wildman–Crippen LogP) is 2.67. The molecular weight excluding hydrogens is 226 g/mol. The van der Waals surface area contributed by atoms with Crippen LogP contribution in [0, 0.1) is 0 Å². The smallest absolute Gasteiger partial charge is 0.243 e. The van der Waals surface area contributed by atoms with Crippen molar-refractivity contribution in [3.63, 3.8) is 0 Å². The summed E-state index contributed by atoms with van der Waals surface area (Å²) >= 11 is 5.80. The predicted molar refractivity (Wildman–Crippen MR) is 62.2 cm³/mol. The van der Waals surface area contributed by atoms with Crippen LogP contribution in [0.15, 0.2) is 28.8 Å². The average Bonchev–Trinajstić information content (AvgIpc) is 2.78. The van der Waals surface area contributed by atoms with Gasteiger partial charge in [-0.05, 0) is 38.2 Å². The third-order valence-electron chi connectivity index (χ3n) is 2.35. The highest BCUT2D eigenvalue weighted by Gasteiger charge is 2.13. The van der Waals surface area contributed by atoms with Crippen LogP contribution in [0.3, 0.4) is 0 Å². The van der Waals surface area contributed by atoms with Crippen LogP contribution in [-0.4, -0.2) is 17.2 Å². The minimum absolute atomic E-state index is 0.0496. The Hall–Kier alpha value is -1.39.